The Balaban J connectivity index is 0.00000225. The molecule has 1 aliphatic carbocycles. The molecule has 0 spiro atoms. The zero-order valence-electron chi connectivity index (χ0n) is 15.2. The molecular formula is C21H30BrNO2. The van der Waals surface area contributed by atoms with Gasteiger partial charge in [-0.15, -0.1) is 0 Å². The fraction of sp³-hybridized carbons (Fsp3) is 0.571. The number of carbonyl (C=O) groups excluding carboxylic acids is 1. The molecule has 0 N–H and O–H groups in total. The number of likely N-dealkylation sites (N-methyl/N-ethyl adjacent to an activating group) is 1. The van der Waals surface area contributed by atoms with Crippen LogP contribution in [0.25, 0.3) is 0 Å². The van der Waals surface area contributed by atoms with Gasteiger partial charge in [-0.1, -0.05) is 42.5 Å². The monoisotopic (exact) mass is 407 g/mol. The van der Waals surface area contributed by atoms with Gasteiger partial charge in [-0.3, -0.25) is 4.79 Å². The number of benzene rings is 1. The Labute approximate surface area is 162 Å². The minimum Gasteiger partial charge on any atom is -1.00 e. The number of likely N-dealkylation sites (tertiary alicyclic amines) is 1. The Morgan fingerprint density at radius 3 is 2.56 bits per heavy atom. The molecule has 0 aromatic heterocycles. The first-order valence-electron chi connectivity index (χ1n) is 9.47. The lowest BCUT2D eigenvalue weighted by molar-refractivity contribution is -0.915. The second kappa shape index (κ2) is 9.54. The van der Waals surface area contributed by atoms with Gasteiger partial charge >= 0.3 is 5.97 Å². The second-order valence-electron chi connectivity index (χ2n) is 7.26. The zero-order chi connectivity index (χ0) is 16.8. The van der Waals surface area contributed by atoms with E-state index in [1.54, 1.807) is 0 Å². The molecule has 1 fully saturated rings. The third-order valence-electron chi connectivity index (χ3n) is 5.89. The number of allylic oxidation sites excluding steroid dienone is 2. The molecule has 0 radical (unpaired) electrons. The van der Waals surface area contributed by atoms with E-state index in [4.69, 9.17) is 4.74 Å². The topological polar surface area (TPSA) is 26.3 Å². The molecule has 25 heavy (non-hydrogen) atoms. The number of rotatable bonds is 7. The maximum Gasteiger partial charge on any atom is 0.314 e. The van der Waals surface area contributed by atoms with Gasteiger partial charge in [-0.2, -0.15) is 0 Å². The standard InChI is InChI=1S/C21H30NO2.BrH/c1-2-22(14-8-9-15-22)16-17-24-21(23)20(19-12-6-7-13-19)18-10-4-3-5-11-18;/h3-6,10-12,19-20H,2,7-9,13-17H2,1H3;1H/q+1;/p-1. The fourth-order valence-corrected chi connectivity index (χ4v) is 4.29. The molecule has 138 valence electrons. The number of hydrogen-bond acceptors (Lipinski definition) is 2. The van der Waals surface area contributed by atoms with Crippen molar-refractivity contribution in [3.63, 3.8) is 0 Å². The van der Waals surface area contributed by atoms with E-state index in [1.807, 2.05) is 18.2 Å². The van der Waals surface area contributed by atoms with Crippen LogP contribution in [0.1, 0.15) is 44.1 Å². The summed E-state index contributed by atoms with van der Waals surface area (Å²) in [6, 6.07) is 10.1. The van der Waals surface area contributed by atoms with Crippen LogP contribution >= 0.6 is 0 Å². The number of nitrogens with zero attached hydrogens (tertiary/aromatic N) is 1. The summed E-state index contributed by atoms with van der Waals surface area (Å²) in [4.78, 5) is 12.8. The quantitative estimate of drug-likeness (QED) is 0.381. The van der Waals surface area contributed by atoms with Crippen LogP contribution in [0.15, 0.2) is 42.5 Å². The van der Waals surface area contributed by atoms with Crippen molar-refractivity contribution in [1.82, 2.24) is 0 Å². The maximum atomic E-state index is 12.8. The summed E-state index contributed by atoms with van der Waals surface area (Å²) in [5.41, 5.74) is 1.08. The molecule has 2 aliphatic rings. The molecule has 1 aliphatic heterocycles. The van der Waals surface area contributed by atoms with Gasteiger partial charge < -0.3 is 26.2 Å². The molecule has 1 aromatic carbocycles. The number of ether oxygens (including phenoxy) is 1. The van der Waals surface area contributed by atoms with Crippen molar-refractivity contribution in [2.24, 2.45) is 5.92 Å². The highest BCUT2D eigenvalue weighted by Gasteiger charge is 2.33. The molecule has 3 nitrogen and oxygen atoms in total. The summed E-state index contributed by atoms with van der Waals surface area (Å²) >= 11 is 0. The lowest BCUT2D eigenvalue weighted by atomic mass is 9.85. The van der Waals surface area contributed by atoms with E-state index in [0.29, 0.717) is 6.61 Å². The average molecular weight is 408 g/mol. The fourth-order valence-electron chi connectivity index (χ4n) is 4.29. The Kier molecular flexibility index (Phi) is 7.70. The predicted octanol–water partition coefficient (Wildman–Crippen LogP) is 0.914. The van der Waals surface area contributed by atoms with Crippen molar-refractivity contribution < 1.29 is 31.0 Å². The lowest BCUT2D eigenvalue weighted by Gasteiger charge is -2.33. The van der Waals surface area contributed by atoms with E-state index in [9.17, 15) is 4.79 Å². The third kappa shape index (κ3) is 4.95. The molecule has 2 unspecified atom stereocenters. The highest BCUT2D eigenvalue weighted by molar-refractivity contribution is 5.79. The van der Waals surface area contributed by atoms with Gasteiger partial charge in [-0.05, 0) is 31.2 Å². The molecule has 1 aromatic rings. The normalized spacial score (nSPS) is 22.4. The van der Waals surface area contributed by atoms with E-state index >= 15 is 0 Å². The number of carbonyl (C=O) groups is 1. The number of quaternary nitrogens is 1. The van der Waals surface area contributed by atoms with Crippen molar-refractivity contribution in [2.45, 2.75) is 38.5 Å². The van der Waals surface area contributed by atoms with E-state index in [2.05, 4.69) is 31.2 Å². The summed E-state index contributed by atoms with van der Waals surface area (Å²) in [5, 5.41) is 0. The third-order valence-corrected chi connectivity index (χ3v) is 5.89. The average Bonchev–Trinajstić information content (AvgIpc) is 3.29. The number of hydrogen-bond donors (Lipinski definition) is 0. The van der Waals surface area contributed by atoms with Gasteiger partial charge in [0.15, 0.2) is 0 Å². The van der Waals surface area contributed by atoms with Crippen LogP contribution < -0.4 is 17.0 Å². The highest BCUT2D eigenvalue weighted by Crippen LogP contribution is 2.34. The van der Waals surface area contributed by atoms with Crippen molar-refractivity contribution in [3.8, 4) is 0 Å². The Morgan fingerprint density at radius 1 is 1.24 bits per heavy atom. The molecule has 2 atom stereocenters. The van der Waals surface area contributed by atoms with Gasteiger partial charge in [0.2, 0.25) is 0 Å². The first-order valence-corrected chi connectivity index (χ1v) is 9.47. The summed E-state index contributed by atoms with van der Waals surface area (Å²) in [6.07, 6.45) is 9.11. The Hall–Kier alpha value is -1.13. The van der Waals surface area contributed by atoms with Crippen LogP contribution in [0.3, 0.4) is 0 Å². The predicted molar refractivity (Wildman–Crippen MR) is 96.6 cm³/mol. The van der Waals surface area contributed by atoms with Crippen LogP contribution in [-0.4, -0.2) is 43.2 Å². The van der Waals surface area contributed by atoms with Crippen molar-refractivity contribution in [3.05, 3.63) is 48.0 Å². The second-order valence-corrected chi connectivity index (χ2v) is 7.26. The smallest absolute Gasteiger partial charge is 0.314 e. The van der Waals surface area contributed by atoms with Gasteiger partial charge in [0.05, 0.1) is 25.6 Å². The van der Waals surface area contributed by atoms with E-state index in [-0.39, 0.29) is 34.8 Å². The summed E-state index contributed by atoms with van der Waals surface area (Å²) < 4.78 is 6.89. The maximum absolute atomic E-state index is 12.8. The molecule has 0 amide bonds. The molecule has 1 heterocycles. The van der Waals surface area contributed by atoms with Gasteiger partial charge in [0, 0.05) is 12.8 Å². The van der Waals surface area contributed by atoms with Crippen LogP contribution in [0.2, 0.25) is 0 Å². The van der Waals surface area contributed by atoms with Crippen LogP contribution in [0.4, 0.5) is 0 Å². The van der Waals surface area contributed by atoms with Gasteiger partial charge in [0.25, 0.3) is 0 Å². The molecule has 4 heteroatoms. The molecular weight excluding hydrogens is 378 g/mol. The first-order chi connectivity index (χ1) is 11.7. The van der Waals surface area contributed by atoms with Gasteiger partial charge in [0.1, 0.15) is 13.2 Å². The molecule has 3 rings (SSSR count). The Bertz CT molecular complexity index is 567. The van der Waals surface area contributed by atoms with Crippen LogP contribution in [0, 0.1) is 5.92 Å². The van der Waals surface area contributed by atoms with Crippen LogP contribution in [-0.2, 0) is 9.53 Å². The van der Waals surface area contributed by atoms with Crippen molar-refractivity contribution in [2.75, 3.05) is 32.8 Å². The van der Waals surface area contributed by atoms with Crippen LogP contribution in [0.5, 0.6) is 0 Å². The minimum atomic E-state index is -0.154. The van der Waals surface area contributed by atoms with E-state index < -0.39 is 0 Å². The van der Waals surface area contributed by atoms with Crippen molar-refractivity contribution in [1.29, 1.82) is 0 Å². The van der Waals surface area contributed by atoms with E-state index in [1.165, 1.54) is 25.9 Å². The number of esters is 1. The molecule has 1 saturated heterocycles. The zero-order valence-corrected chi connectivity index (χ0v) is 16.8. The van der Waals surface area contributed by atoms with E-state index in [0.717, 1.165) is 36.0 Å². The summed E-state index contributed by atoms with van der Waals surface area (Å²) in [6.45, 7) is 7.38. The molecule has 0 bridgehead atoms. The Morgan fingerprint density at radius 2 is 1.96 bits per heavy atom. The van der Waals surface area contributed by atoms with Crippen molar-refractivity contribution >= 4 is 5.97 Å². The van der Waals surface area contributed by atoms with Gasteiger partial charge in [-0.25, -0.2) is 0 Å². The lowest BCUT2D eigenvalue weighted by Crippen LogP contribution is -3.00. The largest absolute Gasteiger partial charge is 1.00 e. The minimum absolute atomic E-state index is 0. The molecule has 0 saturated carbocycles. The highest BCUT2D eigenvalue weighted by atomic mass is 79.9. The summed E-state index contributed by atoms with van der Waals surface area (Å²) in [7, 11) is 0. The first kappa shape index (κ1) is 20.2. The SMILES string of the molecule is CC[N+]1(CCOC(=O)C(c2ccccc2)C2C=CCC2)CCCC1.[Br-]. The summed E-state index contributed by atoms with van der Waals surface area (Å²) in [5.74, 6) is 0.0748. The number of halogens is 1.